The van der Waals surface area contributed by atoms with Gasteiger partial charge in [-0.2, -0.15) is 0 Å². The molecule has 2 N–H and O–H groups in total. The topological polar surface area (TPSA) is 52.0 Å². The van der Waals surface area contributed by atoms with Crippen LogP contribution in [-0.4, -0.2) is 5.16 Å². The zero-order valence-electron chi connectivity index (χ0n) is 7.40. The molecule has 0 bridgehead atoms. The SMILES string of the molecule is NCc1cnoc1-c1ccccc1Cl. The van der Waals surface area contributed by atoms with Crippen LogP contribution in [0, 0.1) is 0 Å². The van der Waals surface area contributed by atoms with Crippen molar-refractivity contribution >= 4 is 11.6 Å². The predicted octanol–water partition coefficient (Wildman–Crippen LogP) is 2.45. The molecule has 0 spiro atoms. The molecule has 1 aromatic heterocycles. The summed E-state index contributed by atoms with van der Waals surface area (Å²) in [6.07, 6.45) is 1.61. The van der Waals surface area contributed by atoms with E-state index in [1.807, 2.05) is 18.2 Å². The van der Waals surface area contributed by atoms with Crippen molar-refractivity contribution in [2.45, 2.75) is 6.54 Å². The van der Waals surface area contributed by atoms with Gasteiger partial charge in [-0.3, -0.25) is 0 Å². The number of aromatic nitrogens is 1. The van der Waals surface area contributed by atoms with E-state index in [9.17, 15) is 0 Å². The summed E-state index contributed by atoms with van der Waals surface area (Å²) in [6, 6.07) is 7.44. The van der Waals surface area contributed by atoms with Gasteiger partial charge < -0.3 is 10.3 Å². The standard InChI is InChI=1S/C10H9ClN2O/c11-9-4-2-1-3-8(9)10-7(5-12)6-13-14-10/h1-4,6H,5,12H2. The largest absolute Gasteiger partial charge is 0.356 e. The Morgan fingerprint density at radius 3 is 2.86 bits per heavy atom. The van der Waals surface area contributed by atoms with Crippen LogP contribution in [0.4, 0.5) is 0 Å². The smallest absolute Gasteiger partial charge is 0.172 e. The molecule has 72 valence electrons. The predicted molar refractivity (Wildman–Crippen MR) is 54.8 cm³/mol. The van der Waals surface area contributed by atoms with Gasteiger partial charge in [0.15, 0.2) is 5.76 Å². The fourth-order valence-electron chi connectivity index (χ4n) is 1.27. The first-order chi connectivity index (χ1) is 6.83. The van der Waals surface area contributed by atoms with E-state index in [4.69, 9.17) is 21.9 Å². The normalized spacial score (nSPS) is 10.4. The second kappa shape index (κ2) is 3.82. The van der Waals surface area contributed by atoms with E-state index in [0.717, 1.165) is 11.1 Å². The Bertz CT molecular complexity index is 439. The quantitative estimate of drug-likeness (QED) is 0.825. The zero-order chi connectivity index (χ0) is 9.97. The molecule has 0 fully saturated rings. The molecule has 0 amide bonds. The minimum Gasteiger partial charge on any atom is -0.356 e. The highest BCUT2D eigenvalue weighted by Gasteiger charge is 2.11. The minimum atomic E-state index is 0.393. The van der Waals surface area contributed by atoms with Crippen molar-refractivity contribution in [1.82, 2.24) is 5.16 Å². The summed E-state index contributed by atoms with van der Waals surface area (Å²) in [5, 5.41) is 4.33. The van der Waals surface area contributed by atoms with Crippen LogP contribution in [0.5, 0.6) is 0 Å². The molecule has 0 aliphatic rings. The Morgan fingerprint density at radius 2 is 2.14 bits per heavy atom. The first-order valence-corrected chi connectivity index (χ1v) is 4.59. The van der Waals surface area contributed by atoms with E-state index in [-0.39, 0.29) is 0 Å². The average molecular weight is 209 g/mol. The van der Waals surface area contributed by atoms with E-state index >= 15 is 0 Å². The van der Waals surface area contributed by atoms with Gasteiger partial charge in [-0.1, -0.05) is 28.9 Å². The fraction of sp³-hybridized carbons (Fsp3) is 0.100. The highest BCUT2D eigenvalue weighted by atomic mass is 35.5. The Balaban J connectivity index is 2.54. The molecule has 0 saturated carbocycles. The molecule has 0 unspecified atom stereocenters. The molecule has 3 nitrogen and oxygen atoms in total. The Morgan fingerprint density at radius 1 is 1.36 bits per heavy atom. The lowest BCUT2D eigenvalue weighted by atomic mass is 10.1. The van der Waals surface area contributed by atoms with Crippen LogP contribution >= 0.6 is 11.6 Å². The molecule has 2 rings (SSSR count). The second-order valence-corrected chi connectivity index (χ2v) is 3.27. The van der Waals surface area contributed by atoms with Gasteiger partial charge in [-0.25, -0.2) is 0 Å². The van der Waals surface area contributed by atoms with E-state index < -0.39 is 0 Å². The summed E-state index contributed by atoms with van der Waals surface area (Å²) in [6.45, 7) is 0.393. The Hall–Kier alpha value is -1.32. The van der Waals surface area contributed by atoms with Crippen molar-refractivity contribution in [2.75, 3.05) is 0 Å². The van der Waals surface area contributed by atoms with Crippen LogP contribution in [0.3, 0.4) is 0 Å². The summed E-state index contributed by atoms with van der Waals surface area (Å²) in [5.74, 6) is 0.651. The number of nitrogens with zero attached hydrogens (tertiary/aromatic N) is 1. The third-order valence-corrected chi connectivity index (χ3v) is 2.31. The summed E-state index contributed by atoms with van der Waals surface area (Å²) in [7, 11) is 0. The van der Waals surface area contributed by atoms with E-state index in [0.29, 0.717) is 17.3 Å². The van der Waals surface area contributed by atoms with Crippen molar-refractivity contribution in [1.29, 1.82) is 0 Å². The van der Waals surface area contributed by atoms with Gasteiger partial charge >= 0.3 is 0 Å². The van der Waals surface area contributed by atoms with Gasteiger partial charge in [0, 0.05) is 17.7 Å². The lowest BCUT2D eigenvalue weighted by molar-refractivity contribution is 0.431. The van der Waals surface area contributed by atoms with Gasteiger partial charge in [-0.15, -0.1) is 0 Å². The number of nitrogens with two attached hydrogens (primary N) is 1. The Labute approximate surface area is 86.5 Å². The molecular weight excluding hydrogens is 200 g/mol. The highest BCUT2D eigenvalue weighted by Crippen LogP contribution is 2.29. The lowest BCUT2D eigenvalue weighted by Gasteiger charge is -2.00. The van der Waals surface area contributed by atoms with Crippen LogP contribution < -0.4 is 5.73 Å². The maximum atomic E-state index is 6.02. The third-order valence-electron chi connectivity index (χ3n) is 1.98. The van der Waals surface area contributed by atoms with Gasteiger partial charge in [-0.05, 0) is 12.1 Å². The lowest BCUT2D eigenvalue weighted by Crippen LogP contribution is -1.95. The Kier molecular flexibility index (Phi) is 2.52. The summed E-state index contributed by atoms with van der Waals surface area (Å²) in [5.41, 5.74) is 7.22. The second-order valence-electron chi connectivity index (χ2n) is 2.86. The van der Waals surface area contributed by atoms with Gasteiger partial charge in [0.2, 0.25) is 0 Å². The minimum absolute atomic E-state index is 0.393. The summed E-state index contributed by atoms with van der Waals surface area (Å²) in [4.78, 5) is 0. The molecule has 0 aliphatic heterocycles. The van der Waals surface area contributed by atoms with Gasteiger partial charge in [0.25, 0.3) is 0 Å². The molecule has 0 saturated heterocycles. The summed E-state index contributed by atoms with van der Waals surface area (Å²) >= 11 is 6.02. The van der Waals surface area contributed by atoms with E-state index in [2.05, 4.69) is 5.16 Å². The first-order valence-electron chi connectivity index (χ1n) is 4.21. The maximum absolute atomic E-state index is 6.02. The molecule has 0 aliphatic carbocycles. The number of benzene rings is 1. The van der Waals surface area contributed by atoms with Crippen LogP contribution in [0.25, 0.3) is 11.3 Å². The van der Waals surface area contributed by atoms with Gasteiger partial charge in [0.1, 0.15) is 0 Å². The van der Waals surface area contributed by atoms with Crippen molar-refractivity contribution in [3.63, 3.8) is 0 Å². The third kappa shape index (κ3) is 1.52. The van der Waals surface area contributed by atoms with Crippen LogP contribution in [-0.2, 0) is 6.54 Å². The number of hydrogen-bond donors (Lipinski definition) is 1. The van der Waals surface area contributed by atoms with Crippen LogP contribution in [0.15, 0.2) is 35.0 Å². The number of halogens is 1. The monoisotopic (exact) mass is 208 g/mol. The molecule has 0 radical (unpaired) electrons. The molecular formula is C10H9ClN2O. The highest BCUT2D eigenvalue weighted by molar-refractivity contribution is 6.33. The van der Waals surface area contributed by atoms with Crippen molar-refractivity contribution in [3.8, 4) is 11.3 Å². The molecule has 14 heavy (non-hydrogen) atoms. The molecule has 1 heterocycles. The summed E-state index contributed by atoms with van der Waals surface area (Å²) < 4.78 is 5.11. The van der Waals surface area contributed by atoms with Crippen molar-refractivity contribution in [2.24, 2.45) is 5.73 Å². The molecule has 2 aromatic rings. The molecule has 0 atom stereocenters. The van der Waals surface area contributed by atoms with Crippen LogP contribution in [0.1, 0.15) is 5.56 Å². The maximum Gasteiger partial charge on any atom is 0.172 e. The average Bonchev–Trinajstić information content (AvgIpc) is 2.66. The fourth-order valence-corrected chi connectivity index (χ4v) is 1.49. The number of hydrogen-bond acceptors (Lipinski definition) is 3. The van der Waals surface area contributed by atoms with Crippen molar-refractivity contribution in [3.05, 3.63) is 41.0 Å². The van der Waals surface area contributed by atoms with E-state index in [1.165, 1.54) is 0 Å². The van der Waals surface area contributed by atoms with Crippen LogP contribution in [0.2, 0.25) is 5.02 Å². The molecule has 4 heteroatoms. The number of rotatable bonds is 2. The van der Waals surface area contributed by atoms with Crippen molar-refractivity contribution < 1.29 is 4.52 Å². The van der Waals surface area contributed by atoms with Gasteiger partial charge in [0.05, 0.1) is 11.2 Å². The molecule has 1 aromatic carbocycles. The first kappa shape index (κ1) is 9.24. The van der Waals surface area contributed by atoms with E-state index in [1.54, 1.807) is 12.3 Å². The zero-order valence-corrected chi connectivity index (χ0v) is 8.16.